The van der Waals surface area contributed by atoms with Crippen LogP contribution in [0.5, 0.6) is 0 Å². The zero-order valence-corrected chi connectivity index (χ0v) is 13.7. The van der Waals surface area contributed by atoms with Crippen LogP contribution >= 0.6 is 11.3 Å². The lowest BCUT2D eigenvalue weighted by Crippen LogP contribution is -2.47. The lowest BCUT2D eigenvalue weighted by Gasteiger charge is -2.40. The number of rotatable bonds is 5. The minimum absolute atomic E-state index is 0.610. The third kappa shape index (κ3) is 2.92. The summed E-state index contributed by atoms with van der Waals surface area (Å²) in [5.41, 5.74) is 1.28. The molecule has 2 aliphatic heterocycles. The molecule has 2 fully saturated rings. The van der Waals surface area contributed by atoms with Gasteiger partial charge in [0.05, 0.1) is 10.7 Å². The van der Waals surface area contributed by atoms with E-state index in [0.717, 1.165) is 31.0 Å². The molecule has 1 aromatic rings. The first-order valence-corrected chi connectivity index (χ1v) is 8.91. The molecule has 0 aromatic carbocycles. The molecule has 2 saturated heterocycles. The van der Waals surface area contributed by atoms with Crippen molar-refractivity contribution in [3.63, 3.8) is 0 Å². The molecule has 0 saturated carbocycles. The average molecular weight is 293 g/mol. The van der Waals surface area contributed by atoms with Crippen molar-refractivity contribution < 1.29 is 0 Å². The van der Waals surface area contributed by atoms with Crippen LogP contribution in [0.25, 0.3) is 0 Å². The lowest BCUT2D eigenvalue weighted by molar-refractivity contribution is 0.112. The van der Waals surface area contributed by atoms with Crippen LogP contribution in [-0.2, 0) is 6.42 Å². The summed E-state index contributed by atoms with van der Waals surface area (Å²) in [5.74, 6) is 0.825. The molecule has 3 heterocycles. The second-order valence-corrected chi connectivity index (χ2v) is 7.57. The van der Waals surface area contributed by atoms with E-state index in [4.69, 9.17) is 0 Å². The number of nitrogens with one attached hydrogen (secondary N) is 1. The van der Waals surface area contributed by atoms with Gasteiger partial charge in [0.25, 0.3) is 0 Å². The van der Waals surface area contributed by atoms with Crippen molar-refractivity contribution in [1.29, 1.82) is 0 Å². The number of aryl methyl sites for hydroxylation is 1. The van der Waals surface area contributed by atoms with Gasteiger partial charge in [0.1, 0.15) is 0 Å². The molecule has 2 aliphatic rings. The summed E-state index contributed by atoms with van der Waals surface area (Å²) in [5, 5.41) is 7.17. The Morgan fingerprint density at radius 3 is 2.65 bits per heavy atom. The molecule has 1 aromatic heterocycles. The maximum Gasteiger partial charge on any atom is 0.0897 e. The molecule has 0 spiro atoms. The molecule has 3 atom stereocenters. The normalized spacial score (nSPS) is 31.6. The highest BCUT2D eigenvalue weighted by Crippen LogP contribution is 2.39. The van der Waals surface area contributed by atoms with Gasteiger partial charge in [-0.3, -0.25) is 0 Å². The minimum Gasteiger partial charge on any atom is -0.314 e. The Labute approximate surface area is 126 Å². The van der Waals surface area contributed by atoms with E-state index in [0.29, 0.717) is 6.04 Å². The Balaban J connectivity index is 1.67. The molecule has 0 radical (unpaired) electrons. The maximum atomic E-state index is 4.66. The van der Waals surface area contributed by atoms with Gasteiger partial charge in [-0.1, -0.05) is 6.92 Å². The first-order chi connectivity index (χ1) is 9.67. The highest BCUT2D eigenvalue weighted by atomic mass is 32.1. The van der Waals surface area contributed by atoms with Gasteiger partial charge in [-0.15, -0.1) is 11.3 Å². The molecule has 4 heteroatoms. The summed E-state index contributed by atoms with van der Waals surface area (Å²) in [7, 11) is 2.32. The summed E-state index contributed by atoms with van der Waals surface area (Å²) in [6.45, 7) is 5.39. The van der Waals surface area contributed by atoms with Crippen LogP contribution in [0.1, 0.15) is 43.3 Å². The molecule has 3 rings (SSSR count). The Hall–Kier alpha value is -0.450. The number of fused-ring (bicyclic) bond motifs is 2. The van der Waals surface area contributed by atoms with Gasteiger partial charge in [-0.25, -0.2) is 4.98 Å². The molecule has 1 N–H and O–H groups in total. The van der Waals surface area contributed by atoms with Crippen molar-refractivity contribution in [2.75, 3.05) is 13.6 Å². The fraction of sp³-hybridized carbons (Fsp3) is 0.812. The number of aromatic nitrogens is 1. The summed E-state index contributed by atoms with van der Waals surface area (Å²) in [6.07, 6.45) is 6.66. The average Bonchev–Trinajstić information content (AvgIpc) is 2.89. The second-order valence-electron chi connectivity index (χ2n) is 6.51. The van der Waals surface area contributed by atoms with E-state index in [1.807, 2.05) is 0 Å². The van der Waals surface area contributed by atoms with Crippen molar-refractivity contribution in [2.45, 2.75) is 64.1 Å². The monoisotopic (exact) mass is 293 g/mol. The third-order valence-corrected chi connectivity index (χ3v) is 6.09. The topological polar surface area (TPSA) is 28.2 Å². The van der Waals surface area contributed by atoms with Crippen LogP contribution < -0.4 is 5.32 Å². The molecule has 0 aliphatic carbocycles. The number of hydrogen-bond donors (Lipinski definition) is 1. The lowest BCUT2D eigenvalue weighted by atomic mass is 9.83. The third-order valence-electron chi connectivity index (χ3n) is 5.27. The molecule has 3 nitrogen and oxygen atoms in total. The molecule has 3 unspecified atom stereocenters. The van der Waals surface area contributed by atoms with Gasteiger partial charge >= 0.3 is 0 Å². The fourth-order valence-corrected chi connectivity index (χ4v) is 4.80. The molecular formula is C16H27N3S. The number of thiazole rings is 1. The quantitative estimate of drug-likeness (QED) is 0.905. The van der Waals surface area contributed by atoms with Crippen LogP contribution in [0.2, 0.25) is 0 Å². The van der Waals surface area contributed by atoms with Crippen molar-refractivity contribution in [1.82, 2.24) is 15.2 Å². The van der Waals surface area contributed by atoms with E-state index >= 15 is 0 Å². The molecule has 20 heavy (non-hydrogen) atoms. The number of likely N-dealkylation sites (N-methyl/N-ethyl adjacent to an activating group) is 1. The first kappa shape index (κ1) is 14.5. The standard InChI is InChI=1S/C16H27N3S/c1-4-17-16(9-13-10-20-11(2)18-13)12-7-14-5-6-15(8-12)19(14)3/h10,12,14-17H,4-9H2,1-3H3. The van der Waals surface area contributed by atoms with E-state index < -0.39 is 0 Å². The molecule has 2 bridgehead atoms. The van der Waals surface area contributed by atoms with Crippen molar-refractivity contribution in [2.24, 2.45) is 5.92 Å². The van der Waals surface area contributed by atoms with Gasteiger partial charge < -0.3 is 10.2 Å². The van der Waals surface area contributed by atoms with E-state index in [2.05, 4.69) is 41.5 Å². The Morgan fingerprint density at radius 2 is 2.10 bits per heavy atom. The van der Waals surface area contributed by atoms with Crippen LogP contribution in [0, 0.1) is 12.8 Å². The zero-order chi connectivity index (χ0) is 14.1. The van der Waals surface area contributed by atoms with E-state index in [1.165, 1.54) is 36.4 Å². The van der Waals surface area contributed by atoms with Gasteiger partial charge in [-0.05, 0) is 52.1 Å². The van der Waals surface area contributed by atoms with E-state index in [9.17, 15) is 0 Å². The van der Waals surface area contributed by atoms with Crippen molar-refractivity contribution >= 4 is 11.3 Å². The largest absolute Gasteiger partial charge is 0.314 e. The van der Waals surface area contributed by atoms with E-state index in [1.54, 1.807) is 11.3 Å². The predicted octanol–water partition coefficient (Wildman–Crippen LogP) is 2.84. The summed E-state index contributed by atoms with van der Waals surface area (Å²) < 4.78 is 0. The van der Waals surface area contributed by atoms with Crippen LogP contribution in [0.3, 0.4) is 0 Å². The van der Waals surface area contributed by atoms with Gasteiger partial charge in [-0.2, -0.15) is 0 Å². The van der Waals surface area contributed by atoms with Crippen molar-refractivity contribution in [3.8, 4) is 0 Å². The number of nitrogens with zero attached hydrogens (tertiary/aromatic N) is 2. The van der Waals surface area contributed by atoms with Crippen LogP contribution in [-0.4, -0.2) is 41.6 Å². The summed E-state index contributed by atoms with van der Waals surface area (Å²) in [6, 6.07) is 2.27. The Morgan fingerprint density at radius 1 is 1.40 bits per heavy atom. The SMILES string of the molecule is CCNC(Cc1csc(C)n1)C1CC2CCC(C1)N2C. The Bertz CT molecular complexity index is 431. The highest BCUT2D eigenvalue weighted by molar-refractivity contribution is 7.09. The maximum absolute atomic E-state index is 4.66. The number of hydrogen-bond acceptors (Lipinski definition) is 4. The molecule has 0 amide bonds. The van der Waals surface area contributed by atoms with Gasteiger partial charge in [0.2, 0.25) is 0 Å². The van der Waals surface area contributed by atoms with Crippen LogP contribution in [0.4, 0.5) is 0 Å². The Kier molecular flexibility index (Phi) is 4.43. The van der Waals surface area contributed by atoms with Crippen LogP contribution in [0.15, 0.2) is 5.38 Å². The first-order valence-electron chi connectivity index (χ1n) is 8.03. The second kappa shape index (κ2) is 6.12. The molecule has 112 valence electrons. The number of piperidine rings is 1. The summed E-state index contributed by atoms with van der Waals surface area (Å²) in [4.78, 5) is 7.30. The highest BCUT2D eigenvalue weighted by Gasteiger charge is 2.40. The van der Waals surface area contributed by atoms with Gasteiger partial charge in [0, 0.05) is 29.9 Å². The zero-order valence-electron chi connectivity index (χ0n) is 12.9. The summed E-state index contributed by atoms with van der Waals surface area (Å²) >= 11 is 1.78. The van der Waals surface area contributed by atoms with E-state index in [-0.39, 0.29) is 0 Å². The molecular weight excluding hydrogens is 266 g/mol. The van der Waals surface area contributed by atoms with Crippen molar-refractivity contribution in [3.05, 3.63) is 16.1 Å². The fourth-order valence-electron chi connectivity index (χ4n) is 4.18. The predicted molar refractivity (Wildman–Crippen MR) is 85.3 cm³/mol. The minimum atomic E-state index is 0.610. The van der Waals surface area contributed by atoms with Gasteiger partial charge in [0.15, 0.2) is 0 Å². The smallest absolute Gasteiger partial charge is 0.0897 e.